The number of Topliss-reactive ketones (excluding diaryl/α,β-unsaturated/α-hetero) is 1. The molecule has 0 spiro atoms. The molecule has 5 heteroatoms. The van der Waals surface area contributed by atoms with Crippen molar-refractivity contribution in [1.29, 1.82) is 0 Å². The van der Waals surface area contributed by atoms with Gasteiger partial charge in [-0.2, -0.15) is 0 Å². The Hall–Kier alpha value is -2.37. The molecule has 0 aromatic carbocycles. The maximum absolute atomic E-state index is 12.2. The SMILES string of the molecule is O=C(C(=Cc1ccco1)CO)C(=Cc1ccco1)CO. The minimum absolute atomic E-state index is 0.131. The fraction of sp³-hybridized carbons (Fsp3) is 0.133. The summed E-state index contributed by atoms with van der Waals surface area (Å²) in [7, 11) is 0. The lowest BCUT2D eigenvalue weighted by molar-refractivity contribution is -0.112. The predicted octanol–water partition coefficient (Wildman–Crippen LogP) is 1.89. The molecule has 0 aliphatic rings. The van der Waals surface area contributed by atoms with E-state index in [9.17, 15) is 15.0 Å². The van der Waals surface area contributed by atoms with Crippen molar-refractivity contribution in [3.8, 4) is 0 Å². The van der Waals surface area contributed by atoms with Crippen LogP contribution in [0.2, 0.25) is 0 Å². The molecule has 5 nitrogen and oxygen atoms in total. The van der Waals surface area contributed by atoms with Gasteiger partial charge < -0.3 is 19.0 Å². The van der Waals surface area contributed by atoms with Crippen molar-refractivity contribution < 1.29 is 23.8 Å². The van der Waals surface area contributed by atoms with Gasteiger partial charge in [0.1, 0.15) is 11.5 Å². The molecular weight excluding hydrogens is 260 g/mol. The molecule has 2 heterocycles. The molecule has 0 atom stereocenters. The zero-order chi connectivity index (χ0) is 14.4. The van der Waals surface area contributed by atoms with Crippen molar-refractivity contribution in [2.75, 3.05) is 13.2 Å². The van der Waals surface area contributed by atoms with Crippen molar-refractivity contribution in [3.05, 3.63) is 59.5 Å². The predicted molar refractivity (Wildman–Crippen MR) is 72.5 cm³/mol. The Labute approximate surface area is 115 Å². The summed E-state index contributed by atoms with van der Waals surface area (Å²) in [6.07, 6.45) is 5.82. The second-order valence-electron chi connectivity index (χ2n) is 4.02. The maximum atomic E-state index is 12.2. The first-order valence-electron chi connectivity index (χ1n) is 5.99. The van der Waals surface area contributed by atoms with Crippen LogP contribution < -0.4 is 0 Å². The number of carbonyl (C=O) groups is 1. The Balaban J connectivity index is 2.27. The van der Waals surface area contributed by atoms with Crippen LogP contribution in [0.5, 0.6) is 0 Å². The molecule has 0 saturated heterocycles. The molecular formula is C15H14O5. The van der Waals surface area contributed by atoms with Crippen LogP contribution in [0.4, 0.5) is 0 Å². The van der Waals surface area contributed by atoms with Gasteiger partial charge >= 0.3 is 0 Å². The molecule has 2 rings (SSSR count). The first-order valence-corrected chi connectivity index (χ1v) is 5.99. The van der Waals surface area contributed by atoms with E-state index in [0.29, 0.717) is 11.5 Å². The molecule has 0 aliphatic carbocycles. The molecule has 20 heavy (non-hydrogen) atoms. The highest BCUT2D eigenvalue weighted by Crippen LogP contribution is 2.15. The van der Waals surface area contributed by atoms with Crippen LogP contribution in [0.25, 0.3) is 12.2 Å². The van der Waals surface area contributed by atoms with Gasteiger partial charge in [-0.3, -0.25) is 4.79 Å². The quantitative estimate of drug-likeness (QED) is 0.786. The Morgan fingerprint density at radius 1 is 0.950 bits per heavy atom. The summed E-state index contributed by atoms with van der Waals surface area (Å²) < 4.78 is 10.2. The molecule has 0 aliphatic heterocycles. The summed E-state index contributed by atoms with van der Waals surface area (Å²) in [5.74, 6) is 0.457. The average Bonchev–Trinajstić information content (AvgIpc) is 3.14. The molecule has 0 radical (unpaired) electrons. The van der Waals surface area contributed by atoms with E-state index in [-0.39, 0.29) is 11.1 Å². The third-order valence-electron chi connectivity index (χ3n) is 2.64. The summed E-state index contributed by atoms with van der Waals surface area (Å²) in [5.41, 5.74) is 0.263. The lowest BCUT2D eigenvalue weighted by Crippen LogP contribution is -2.12. The van der Waals surface area contributed by atoms with Crippen LogP contribution in [0.1, 0.15) is 11.5 Å². The van der Waals surface area contributed by atoms with Crippen molar-refractivity contribution in [2.24, 2.45) is 0 Å². The van der Waals surface area contributed by atoms with Gasteiger partial charge in [-0.15, -0.1) is 0 Å². The fourth-order valence-electron chi connectivity index (χ4n) is 1.66. The summed E-state index contributed by atoms with van der Waals surface area (Å²) in [6, 6.07) is 6.68. The van der Waals surface area contributed by atoms with Gasteiger partial charge in [-0.1, -0.05) is 0 Å². The molecule has 2 aromatic rings. The molecule has 0 bridgehead atoms. The van der Waals surface area contributed by atoms with Crippen LogP contribution in [0.15, 0.2) is 56.8 Å². The van der Waals surface area contributed by atoms with Gasteiger partial charge in [0.25, 0.3) is 0 Å². The van der Waals surface area contributed by atoms with E-state index < -0.39 is 19.0 Å². The minimum atomic E-state index is -0.456. The highest BCUT2D eigenvalue weighted by atomic mass is 16.3. The number of furan rings is 2. The van der Waals surface area contributed by atoms with Crippen LogP contribution in [-0.2, 0) is 4.79 Å². The fourth-order valence-corrected chi connectivity index (χ4v) is 1.66. The van der Waals surface area contributed by atoms with Crippen LogP contribution in [0.3, 0.4) is 0 Å². The normalized spacial score (nSPS) is 12.7. The largest absolute Gasteiger partial charge is 0.465 e. The van der Waals surface area contributed by atoms with E-state index >= 15 is 0 Å². The number of aliphatic hydroxyl groups is 2. The second kappa shape index (κ2) is 6.70. The molecule has 0 amide bonds. The number of aliphatic hydroxyl groups excluding tert-OH is 2. The van der Waals surface area contributed by atoms with Gasteiger partial charge in [0, 0.05) is 11.1 Å². The first-order chi connectivity index (χ1) is 9.74. The highest BCUT2D eigenvalue weighted by molar-refractivity contribution is 6.13. The van der Waals surface area contributed by atoms with Crippen molar-refractivity contribution in [2.45, 2.75) is 0 Å². The van der Waals surface area contributed by atoms with Gasteiger partial charge in [0.2, 0.25) is 0 Å². The highest BCUT2D eigenvalue weighted by Gasteiger charge is 2.15. The van der Waals surface area contributed by atoms with Gasteiger partial charge in [0.05, 0.1) is 25.7 Å². The minimum Gasteiger partial charge on any atom is -0.465 e. The lowest BCUT2D eigenvalue weighted by Gasteiger charge is -2.05. The van der Waals surface area contributed by atoms with E-state index in [0.717, 1.165) is 0 Å². The van der Waals surface area contributed by atoms with E-state index in [1.165, 1.54) is 24.7 Å². The number of hydrogen-bond donors (Lipinski definition) is 2. The number of carbonyl (C=O) groups excluding carboxylic acids is 1. The molecule has 2 N–H and O–H groups in total. The summed E-state index contributed by atoms with van der Waals surface area (Å²) in [4.78, 5) is 12.2. The number of ketones is 1. The van der Waals surface area contributed by atoms with Crippen LogP contribution in [-0.4, -0.2) is 29.2 Å². The smallest absolute Gasteiger partial charge is 0.189 e. The Morgan fingerprint density at radius 2 is 1.40 bits per heavy atom. The molecule has 0 fully saturated rings. The molecule has 104 valence electrons. The monoisotopic (exact) mass is 274 g/mol. The Morgan fingerprint density at radius 3 is 1.70 bits per heavy atom. The molecule has 2 aromatic heterocycles. The van der Waals surface area contributed by atoms with E-state index in [4.69, 9.17) is 8.83 Å². The van der Waals surface area contributed by atoms with Crippen molar-refractivity contribution >= 4 is 17.9 Å². The first kappa shape index (κ1) is 14.0. The Bertz CT molecular complexity index is 548. The summed E-state index contributed by atoms with van der Waals surface area (Å²) >= 11 is 0. The van der Waals surface area contributed by atoms with Gasteiger partial charge in [-0.25, -0.2) is 0 Å². The molecule has 0 saturated carbocycles. The van der Waals surface area contributed by atoms with Crippen LogP contribution in [0, 0.1) is 0 Å². The zero-order valence-electron chi connectivity index (χ0n) is 10.7. The number of rotatable bonds is 6. The van der Waals surface area contributed by atoms with Gasteiger partial charge in [-0.05, 0) is 36.4 Å². The summed E-state index contributed by atoms with van der Waals surface area (Å²) in [6.45, 7) is -0.899. The van der Waals surface area contributed by atoms with Crippen molar-refractivity contribution in [3.63, 3.8) is 0 Å². The van der Waals surface area contributed by atoms with E-state index in [1.807, 2.05) is 0 Å². The van der Waals surface area contributed by atoms with Crippen molar-refractivity contribution in [1.82, 2.24) is 0 Å². The van der Waals surface area contributed by atoms with E-state index in [1.54, 1.807) is 24.3 Å². The summed E-state index contributed by atoms with van der Waals surface area (Å²) in [5, 5.41) is 18.6. The second-order valence-corrected chi connectivity index (χ2v) is 4.02. The maximum Gasteiger partial charge on any atom is 0.189 e. The average molecular weight is 274 g/mol. The third kappa shape index (κ3) is 3.34. The Kier molecular flexibility index (Phi) is 4.70. The topological polar surface area (TPSA) is 83.8 Å². The molecule has 0 unspecified atom stereocenters. The third-order valence-corrected chi connectivity index (χ3v) is 2.64. The number of hydrogen-bond acceptors (Lipinski definition) is 5. The van der Waals surface area contributed by atoms with Crippen LogP contribution >= 0.6 is 0 Å². The van der Waals surface area contributed by atoms with Gasteiger partial charge in [0.15, 0.2) is 5.78 Å². The standard InChI is InChI=1S/C15H14O5/c16-9-11(7-13-3-1-5-19-13)15(18)12(10-17)8-14-4-2-6-20-14/h1-8,16-17H,9-10H2. The zero-order valence-corrected chi connectivity index (χ0v) is 10.7. The van der Waals surface area contributed by atoms with E-state index in [2.05, 4.69) is 0 Å². The lowest BCUT2D eigenvalue weighted by atomic mass is 10.0.